The Bertz CT molecular complexity index is 740. The number of rotatable bonds is 6. The summed E-state index contributed by atoms with van der Waals surface area (Å²) in [7, 11) is 1.59. The molecule has 132 valence electrons. The fourth-order valence-electron chi connectivity index (χ4n) is 2.33. The maximum absolute atomic E-state index is 12.1. The normalized spacial score (nSPS) is 16.4. The lowest BCUT2D eigenvalue weighted by atomic mass is 10.3. The topological polar surface area (TPSA) is 97.3 Å². The van der Waals surface area contributed by atoms with E-state index in [0.29, 0.717) is 11.4 Å². The lowest BCUT2D eigenvalue weighted by Gasteiger charge is -2.08. The van der Waals surface area contributed by atoms with Crippen molar-refractivity contribution >= 4 is 35.0 Å². The molecule has 8 nitrogen and oxygen atoms in total. The van der Waals surface area contributed by atoms with Crippen molar-refractivity contribution in [3.8, 4) is 5.75 Å². The van der Waals surface area contributed by atoms with Gasteiger partial charge < -0.3 is 15.4 Å². The van der Waals surface area contributed by atoms with Crippen LogP contribution in [0.2, 0.25) is 0 Å². The molecule has 25 heavy (non-hydrogen) atoms. The summed E-state index contributed by atoms with van der Waals surface area (Å²) in [5.74, 6) is 1.96. The monoisotopic (exact) mass is 361 g/mol. The molecule has 9 heteroatoms. The van der Waals surface area contributed by atoms with E-state index in [-0.39, 0.29) is 24.4 Å². The van der Waals surface area contributed by atoms with Crippen LogP contribution in [0.5, 0.6) is 5.75 Å². The van der Waals surface area contributed by atoms with Gasteiger partial charge in [0.15, 0.2) is 0 Å². The van der Waals surface area contributed by atoms with E-state index in [4.69, 9.17) is 4.74 Å². The molecule has 2 amide bonds. The Labute approximate surface area is 149 Å². The average Bonchev–Trinajstić information content (AvgIpc) is 3.27. The fourth-order valence-corrected chi connectivity index (χ4v) is 3.27. The van der Waals surface area contributed by atoms with Crippen LogP contribution in [-0.2, 0) is 16.1 Å². The smallest absolute Gasteiger partial charge is 0.246 e. The quantitative estimate of drug-likeness (QED) is 0.714. The summed E-state index contributed by atoms with van der Waals surface area (Å²) in [6.07, 6.45) is 3.16. The van der Waals surface area contributed by atoms with Crippen molar-refractivity contribution in [3.63, 3.8) is 0 Å². The first kappa shape index (κ1) is 17.3. The van der Waals surface area contributed by atoms with Gasteiger partial charge in [-0.1, -0.05) is 0 Å². The number of hydrogen-bond acceptors (Lipinski definition) is 6. The molecule has 1 unspecified atom stereocenters. The van der Waals surface area contributed by atoms with Crippen LogP contribution in [0.25, 0.3) is 0 Å². The van der Waals surface area contributed by atoms with Crippen molar-refractivity contribution in [1.82, 2.24) is 15.1 Å². The number of methoxy groups -OCH3 is 1. The molecule has 1 saturated heterocycles. The largest absolute Gasteiger partial charge is 0.497 e. The molecule has 2 aromatic rings. The van der Waals surface area contributed by atoms with E-state index in [1.807, 2.05) is 0 Å². The van der Waals surface area contributed by atoms with Crippen LogP contribution in [0, 0.1) is 0 Å². The van der Waals surface area contributed by atoms with Gasteiger partial charge in [-0.05, 0) is 24.3 Å². The summed E-state index contributed by atoms with van der Waals surface area (Å²) in [6.45, 7) is 0.0550. The van der Waals surface area contributed by atoms with Gasteiger partial charge >= 0.3 is 0 Å². The highest BCUT2D eigenvalue weighted by Crippen LogP contribution is 2.15. The molecule has 1 aromatic carbocycles. The number of ether oxygens (including phenoxy) is 1. The van der Waals surface area contributed by atoms with Gasteiger partial charge in [-0.2, -0.15) is 5.10 Å². The summed E-state index contributed by atoms with van der Waals surface area (Å²) >= 11 is 1.68. The summed E-state index contributed by atoms with van der Waals surface area (Å²) < 4.78 is 6.55. The molecule has 1 fully saturated rings. The van der Waals surface area contributed by atoms with Crippen LogP contribution in [0.1, 0.15) is 0 Å². The van der Waals surface area contributed by atoms with Crippen molar-refractivity contribution in [1.29, 1.82) is 0 Å². The highest BCUT2D eigenvalue weighted by atomic mass is 32.2. The van der Waals surface area contributed by atoms with E-state index in [1.165, 1.54) is 10.9 Å². The van der Waals surface area contributed by atoms with E-state index >= 15 is 0 Å². The predicted molar refractivity (Wildman–Crippen MR) is 96.7 cm³/mol. The van der Waals surface area contributed by atoms with Gasteiger partial charge in [0.25, 0.3) is 0 Å². The molecule has 2 heterocycles. The van der Waals surface area contributed by atoms with Crippen LogP contribution in [0.3, 0.4) is 0 Å². The van der Waals surface area contributed by atoms with Crippen LogP contribution >= 0.6 is 11.8 Å². The van der Waals surface area contributed by atoms with Gasteiger partial charge in [-0.15, -0.1) is 11.8 Å². The minimum atomic E-state index is -0.208. The maximum Gasteiger partial charge on any atom is 0.246 e. The number of nitrogens with one attached hydrogen (secondary N) is 3. The van der Waals surface area contributed by atoms with Gasteiger partial charge in [0.2, 0.25) is 11.8 Å². The van der Waals surface area contributed by atoms with Crippen molar-refractivity contribution in [2.24, 2.45) is 0 Å². The second-order valence-electron chi connectivity index (χ2n) is 5.46. The Balaban J connectivity index is 1.51. The molecule has 1 atom stereocenters. The molecule has 3 rings (SSSR count). The second kappa shape index (κ2) is 8.04. The number of nitrogens with zero attached hydrogens (tertiary/aromatic N) is 2. The minimum Gasteiger partial charge on any atom is -0.497 e. The number of amides is 2. The molecule has 0 aliphatic carbocycles. The molecule has 0 bridgehead atoms. The summed E-state index contributed by atoms with van der Waals surface area (Å²) in [5, 5.41) is 12.8. The first-order valence-corrected chi connectivity index (χ1v) is 8.88. The van der Waals surface area contributed by atoms with Gasteiger partial charge in [-0.3, -0.25) is 19.6 Å². The standard InChI is InChI=1S/C16H19N5O3S/c1-24-13-4-2-11(3-5-13)19-15(22)8-21-7-12(6-18-21)20-16(23)14-9-25-10-17-14/h2-7,14,17H,8-10H2,1H3,(H,19,22)(H,20,23). The molecule has 0 saturated carbocycles. The molecule has 0 spiro atoms. The van der Waals surface area contributed by atoms with E-state index in [1.54, 1.807) is 49.3 Å². The molecule has 1 aromatic heterocycles. The lowest BCUT2D eigenvalue weighted by Crippen LogP contribution is -2.37. The fraction of sp³-hybridized carbons (Fsp3) is 0.312. The van der Waals surface area contributed by atoms with Gasteiger partial charge in [0.05, 0.1) is 25.0 Å². The maximum atomic E-state index is 12.1. The Kier molecular flexibility index (Phi) is 5.56. The highest BCUT2D eigenvalue weighted by molar-refractivity contribution is 7.99. The van der Waals surface area contributed by atoms with E-state index in [2.05, 4.69) is 21.0 Å². The van der Waals surface area contributed by atoms with Crippen LogP contribution in [0.4, 0.5) is 11.4 Å². The molecule has 0 radical (unpaired) electrons. The summed E-state index contributed by atoms with van der Waals surface area (Å²) in [5.41, 5.74) is 1.25. The number of carbonyl (C=O) groups is 2. The predicted octanol–water partition coefficient (Wildman–Crippen LogP) is 1.13. The molecule has 1 aliphatic rings. The van der Waals surface area contributed by atoms with Crippen molar-refractivity contribution in [2.45, 2.75) is 12.6 Å². The molecular weight excluding hydrogens is 342 g/mol. The van der Waals surface area contributed by atoms with Gasteiger partial charge in [0, 0.05) is 23.5 Å². The van der Waals surface area contributed by atoms with Crippen molar-refractivity contribution in [3.05, 3.63) is 36.7 Å². The minimum absolute atomic E-state index is 0.0550. The lowest BCUT2D eigenvalue weighted by molar-refractivity contribution is -0.117. The van der Waals surface area contributed by atoms with Crippen molar-refractivity contribution < 1.29 is 14.3 Å². The number of anilines is 2. The van der Waals surface area contributed by atoms with E-state index in [0.717, 1.165) is 17.4 Å². The number of thioether (sulfide) groups is 1. The molecule has 3 N–H and O–H groups in total. The third kappa shape index (κ3) is 4.74. The Hall–Kier alpha value is -2.52. The Morgan fingerprint density at radius 2 is 2.12 bits per heavy atom. The number of aromatic nitrogens is 2. The first-order valence-electron chi connectivity index (χ1n) is 7.72. The highest BCUT2D eigenvalue weighted by Gasteiger charge is 2.22. The summed E-state index contributed by atoms with van der Waals surface area (Å²) in [4.78, 5) is 24.1. The molecule has 1 aliphatic heterocycles. The summed E-state index contributed by atoms with van der Waals surface area (Å²) in [6, 6.07) is 6.88. The van der Waals surface area contributed by atoms with Crippen LogP contribution in [-0.4, -0.2) is 46.4 Å². The Morgan fingerprint density at radius 1 is 1.32 bits per heavy atom. The Morgan fingerprint density at radius 3 is 2.80 bits per heavy atom. The van der Waals surface area contributed by atoms with Gasteiger partial charge in [-0.25, -0.2) is 0 Å². The van der Waals surface area contributed by atoms with Crippen LogP contribution in [0.15, 0.2) is 36.7 Å². The number of carbonyl (C=O) groups excluding carboxylic acids is 2. The number of hydrogen-bond donors (Lipinski definition) is 3. The zero-order valence-corrected chi connectivity index (χ0v) is 14.5. The third-order valence-corrected chi connectivity index (χ3v) is 4.55. The van der Waals surface area contributed by atoms with E-state index in [9.17, 15) is 9.59 Å². The van der Waals surface area contributed by atoms with Crippen LogP contribution < -0.4 is 20.7 Å². The SMILES string of the molecule is COc1ccc(NC(=O)Cn2cc(NC(=O)C3CSCN3)cn2)cc1. The average molecular weight is 361 g/mol. The zero-order valence-electron chi connectivity index (χ0n) is 13.7. The second-order valence-corrected chi connectivity index (χ2v) is 6.49. The van der Waals surface area contributed by atoms with Crippen molar-refractivity contribution in [2.75, 3.05) is 29.4 Å². The van der Waals surface area contributed by atoms with E-state index < -0.39 is 0 Å². The van der Waals surface area contributed by atoms with Gasteiger partial charge in [0.1, 0.15) is 12.3 Å². The first-order chi connectivity index (χ1) is 12.1. The zero-order chi connectivity index (χ0) is 17.6. The molecular formula is C16H19N5O3S. The number of benzene rings is 1. The third-order valence-electron chi connectivity index (χ3n) is 3.61.